The number of carbonyl (C=O) groups excluding carboxylic acids is 1. The van der Waals surface area contributed by atoms with Gasteiger partial charge in [0.2, 0.25) is 0 Å². The molecule has 112 valence electrons. The van der Waals surface area contributed by atoms with Crippen molar-refractivity contribution in [2.75, 3.05) is 6.54 Å². The Bertz CT molecular complexity index is 695. The third kappa shape index (κ3) is 3.06. The number of amides is 1. The highest BCUT2D eigenvalue weighted by atomic mass is 35.5. The number of hydrogen-bond acceptors (Lipinski definition) is 2. The Morgan fingerprint density at radius 2 is 1.77 bits per heavy atom. The lowest BCUT2D eigenvalue weighted by Gasteiger charge is -2.31. The van der Waals surface area contributed by atoms with E-state index in [9.17, 15) is 9.90 Å². The molecule has 22 heavy (non-hydrogen) atoms. The van der Waals surface area contributed by atoms with E-state index >= 15 is 0 Å². The number of hydrogen-bond donors (Lipinski definition) is 1. The average Bonchev–Trinajstić information content (AvgIpc) is 2.56. The standard InChI is InChI=1S/C18H16ClNO2/c19-15-8-6-13(7-9-15)17-12-16(21)10-11-20(17)18(22)14-4-2-1-3-5-14/h1-9,12,16,21H,10-11H2/t16-/m0/s1. The first kappa shape index (κ1) is 14.8. The Morgan fingerprint density at radius 3 is 2.45 bits per heavy atom. The molecule has 1 N–H and O–H groups in total. The van der Waals surface area contributed by atoms with E-state index in [0.29, 0.717) is 23.6 Å². The van der Waals surface area contributed by atoms with Gasteiger partial charge >= 0.3 is 0 Å². The highest BCUT2D eigenvalue weighted by Gasteiger charge is 2.25. The van der Waals surface area contributed by atoms with Crippen LogP contribution in [0.15, 0.2) is 60.7 Å². The minimum absolute atomic E-state index is 0.0614. The molecule has 0 spiro atoms. The van der Waals surface area contributed by atoms with Crippen LogP contribution in [0.2, 0.25) is 5.02 Å². The highest BCUT2D eigenvalue weighted by Crippen LogP contribution is 2.27. The van der Waals surface area contributed by atoms with Crippen LogP contribution in [-0.2, 0) is 0 Å². The van der Waals surface area contributed by atoms with Gasteiger partial charge in [-0.15, -0.1) is 0 Å². The van der Waals surface area contributed by atoms with Gasteiger partial charge < -0.3 is 10.0 Å². The van der Waals surface area contributed by atoms with Gasteiger partial charge in [0.05, 0.1) is 6.10 Å². The Hall–Kier alpha value is -2.10. The third-order valence-corrected chi connectivity index (χ3v) is 3.95. The largest absolute Gasteiger partial charge is 0.389 e. The number of halogens is 1. The fourth-order valence-corrected chi connectivity index (χ4v) is 2.68. The minimum Gasteiger partial charge on any atom is -0.389 e. The Balaban J connectivity index is 1.97. The molecule has 0 fully saturated rings. The molecule has 3 nitrogen and oxygen atoms in total. The number of nitrogens with zero attached hydrogens (tertiary/aromatic N) is 1. The second kappa shape index (κ2) is 6.34. The van der Waals surface area contributed by atoms with E-state index in [1.807, 2.05) is 30.3 Å². The zero-order valence-electron chi connectivity index (χ0n) is 11.9. The van der Waals surface area contributed by atoms with E-state index in [-0.39, 0.29) is 5.91 Å². The molecule has 0 aliphatic carbocycles. The predicted molar refractivity (Wildman–Crippen MR) is 87.5 cm³/mol. The van der Waals surface area contributed by atoms with Crippen LogP contribution in [0.4, 0.5) is 0 Å². The molecule has 1 aliphatic rings. The molecule has 0 unspecified atom stereocenters. The van der Waals surface area contributed by atoms with Gasteiger partial charge in [0.15, 0.2) is 0 Å². The van der Waals surface area contributed by atoms with Crippen LogP contribution in [0.1, 0.15) is 22.3 Å². The third-order valence-electron chi connectivity index (χ3n) is 3.70. The summed E-state index contributed by atoms with van der Waals surface area (Å²) in [7, 11) is 0. The molecule has 1 amide bonds. The maximum absolute atomic E-state index is 12.7. The summed E-state index contributed by atoms with van der Waals surface area (Å²) in [6.07, 6.45) is 1.73. The number of aliphatic hydroxyl groups is 1. The smallest absolute Gasteiger partial charge is 0.258 e. The van der Waals surface area contributed by atoms with Gasteiger partial charge in [0.1, 0.15) is 0 Å². The number of carbonyl (C=O) groups is 1. The van der Waals surface area contributed by atoms with Crippen LogP contribution in [0.5, 0.6) is 0 Å². The van der Waals surface area contributed by atoms with E-state index in [1.54, 1.807) is 35.2 Å². The summed E-state index contributed by atoms with van der Waals surface area (Å²) in [6.45, 7) is 0.489. The predicted octanol–water partition coefficient (Wildman–Crippen LogP) is 3.59. The van der Waals surface area contributed by atoms with Crippen molar-refractivity contribution in [3.8, 4) is 0 Å². The van der Waals surface area contributed by atoms with Crippen molar-refractivity contribution in [1.29, 1.82) is 0 Å². The summed E-state index contributed by atoms with van der Waals surface area (Å²) in [6, 6.07) is 16.4. The van der Waals surface area contributed by atoms with Crippen molar-refractivity contribution in [2.45, 2.75) is 12.5 Å². The van der Waals surface area contributed by atoms with Crippen molar-refractivity contribution in [1.82, 2.24) is 4.90 Å². The van der Waals surface area contributed by atoms with Crippen molar-refractivity contribution >= 4 is 23.2 Å². The molecule has 3 rings (SSSR count). The Kier molecular flexibility index (Phi) is 4.27. The normalized spacial score (nSPS) is 18.0. The van der Waals surface area contributed by atoms with Gasteiger partial charge in [-0.05, 0) is 42.3 Å². The van der Waals surface area contributed by atoms with Crippen LogP contribution < -0.4 is 0 Å². The minimum atomic E-state index is -0.537. The molecular formula is C18H16ClNO2. The summed E-state index contributed by atoms with van der Waals surface area (Å²) in [5.74, 6) is -0.0614. The van der Waals surface area contributed by atoms with Gasteiger partial charge in [0, 0.05) is 22.8 Å². The second-order valence-corrected chi connectivity index (χ2v) is 5.67. The lowest BCUT2D eigenvalue weighted by Crippen LogP contribution is -2.35. The van der Waals surface area contributed by atoms with Gasteiger partial charge in [0.25, 0.3) is 5.91 Å². The molecule has 0 radical (unpaired) electrons. The molecule has 1 atom stereocenters. The molecule has 0 saturated heterocycles. The van der Waals surface area contributed by atoms with Crippen molar-refractivity contribution in [2.24, 2.45) is 0 Å². The first-order valence-corrected chi connectivity index (χ1v) is 7.56. The fourth-order valence-electron chi connectivity index (χ4n) is 2.56. The average molecular weight is 314 g/mol. The molecule has 2 aromatic rings. The van der Waals surface area contributed by atoms with Crippen LogP contribution in [-0.4, -0.2) is 28.6 Å². The fraction of sp³-hybridized carbons (Fsp3) is 0.167. The van der Waals surface area contributed by atoms with Gasteiger partial charge in [-0.25, -0.2) is 0 Å². The van der Waals surface area contributed by atoms with E-state index in [0.717, 1.165) is 11.3 Å². The second-order valence-electron chi connectivity index (χ2n) is 5.24. The monoisotopic (exact) mass is 313 g/mol. The zero-order chi connectivity index (χ0) is 15.5. The van der Waals surface area contributed by atoms with Crippen LogP contribution in [0.25, 0.3) is 5.70 Å². The molecule has 1 aliphatic heterocycles. The number of rotatable bonds is 2. The van der Waals surface area contributed by atoms with Crippen LogP contribution in [0.3, 0.4) is 0 Å². The van der Waals surface area contributed by atoms with Gasteiger partial charge in [-0.3, -0.25) is 4.79 Å². The van der Waals surface area contributed by atoms with Crippen molar-refractivity contribution < 1.29 is 9.90 Å². The quantitative estimate of drug-likeness (QED) is 0.920. The summed E-state index contributed by atoms with van der Waals surface area (Å²) >= 11 is 5.92. The van der Waals surface area contributed by atoms with Gasteiger partial charge in [-0.1, -0.05) is 41.9 Å². The van der Waals surface area contributed by atoms with E-state index < -0.39 is 6.10 Å². The lowest BCUT2D eigenvalue weighted by molar-refractivity contribution is 0.0804. The maximum Gasteiger partial charge on any atom is 0.258 e. The van der Waals surface area contributed by atoms with Gasteiger partial charge in [-0.2, -0.15) is 0 Å². The van der Waals surface area contributed by atoms with E-state index in [1.165, 1.54) is 0 Å². The number of benzene rings is 2. The molecule has 4 heteroatoms. The molecule has 0 bridgehead atoms. The molecule has 0 saturated carbocycles. The van der Waals surface area contributed by atoms with E-state index in [4.69, 9.17) is 11.6 Å². The van der Waals surface area contributed by atoms with E-state index in [2.05, 4.69) is 0 Å². The Labute approximate surface area is 134 Å². The summed E-state index contributed by atoms with van der Waals surface area (Å²) < 4.78 is 0. The summed E-state index contributed by atoms with van der Waals surface area (Å²) in [5, 5.41) is 10.6. The SMILES string of the molecule is O=C(c1ccccc1)N1CC[C@H](O)C=C1c1ccc(Cl)cc1. The highest BCUT2D eigenvalue weighted by molar-refractivity contribution is 6.30. The van der Waals surface area contributed by atoms with Crippen LogP contribution >= 0.6 is 11.6 Å². The molecule has 0 aromatic heterocycles. The molecule has 1 heterocycles. The topological polar surface area (TPSA) is 40.5 Å². The molecular weight excluding hydrogens is 298 g/mol. The van der Waals surface area contributed by atoms with Crippen LogP contribution in [0, 0.1) is 0 Å². The first-order valence-electron chi connectivity index (χ1n) is 7.18. The summed E-state index contributed by atoms with van der Waals surface area (Å²) in [4.78, 5) is 14.4. The lowest BCUT2D eigenvalue weighted by atomic mass is 10.0. The van der Waals surface area contributed by atoms with Crippen molar-refractivity contribution in [3.05, 3.63) is 76.8 Å². The maximum atomic E-state index is 12.7. The first-order chi connectivity index (χ1) is 10.6. The Morgan fingerprint density at radius 1 is 1.09 bits per heavy atom. The molecule has 2 aromatic carbocycles. The zero-order valence-corrected chi connectivity index (χ0v) is 12.7. The van der Waals surface area contributed by atoms with Crippen molar-refractivity contribution in [3.63, 3.8) is 0 Å². The summed E-state index contributed by atoms with van der Waals surface area (Å²) in [5.41, 5.74) is 2.23. The number of aliphatic hydroxyl groups excluding tert-OH is 1.